The lowest BCUT2D eigenvalue weighted by molar-refractivity contribution is 0.0900. The molecule has 1 unspecified atom stereocenters. The van der Waals surface area contributed by atoms with Gasteiger partial charge in [-0.25, -0.2) is 0 Å². The van der Waals surface area contributed by atoms with Gasteiger partial charge in [0.15, 0.2) is 5.78 Å². The third-order valence-electron chi connectivity index (χ3n) is 2.16. The molecule has 3 nitrogen and oxygen atoms in total. The predicted molar refractivity (Wildman–Crippen MR) is 67.7 cm³/mol. The highest BCUT2D eigenvalue weighted by atomic mass is 79.9. The molecule has 0 amide bonds. The molecule has 0 bridgehead atoms. The second-order valence-electron chi connectivity index (χ2n) is 3.95. The molecule has 0 aliphatic heterocycles. The summed E-state index contributed by atoms with van der Waals surface area (Å²) < 4.78 is 0.811. The normalized spacial score (nSPS) is 12.8. The van der Waals surface area contributed by atoms with Crippen molar-refractivity contribution >= 4 is 21.7 Å². The van der Waals surface area contributed by atoms with Crippen LogP contribution < -0.4 is 0 Å². The zero-order chi connectivity index (χ0) is 12.1. The first kappa shape index (κ1) is 13.4. The van der Waals surface area contributed by atoms with Crippen LogP contribution in [0.4, 0.5) is 0 Å². The van der Waals surface area contributed by atoms with E-state index in [1.54, 1.807) is 13.0 Å². The summed E-state index contributed by atoms with van der Waals surface area (Å²) in [6.45, 7) is 2.52. The molecule has 0 spiro atoms. The van der Waals surface area contributed by atoms with Gasteiger partial charge in [0.05, 0.1) is 12.6 Å². The molecule has 0 aromatic heterocycles. The number of carbonyl (C=O) groups excluding carboxylic acids is 1. The SMILES string of the molecule is CC(O)CN(C)CC(=O)c1ccccc1Br. The topological polar surface area (TPSA) is 40.5 Å². The Kier molecular flexibility index (Phi) is 5.12. The number of aliphatic hydroxyl groups is 1. The number of carbonyl (C=O) groups is 1. The standard InChI is InChI=1S/C12H16BrNO2/c1-9(15)7-14(2)8-12(16)10-5-3-4-6-11(10)13/h3-6,9,15H,7-8H2,1-2H3. The summed E-state index contributed by atoms with van der Waals surface area (Å²) in [6.07, 6.45) is -0.419. The molecule has 1 aromatic carbocycles. The molecular weight excluding hydrogens is 270 g/mol. The second kappa shape index (κ2) is 6.13. The Bertz CT molecular complexity index is 366. The third-order valence-corrected chi connectivity index (χ3v) is 2.86. The number of halogens is 1. The van der Waals surface area contributed by atoms with Crippen LogP contribution in [0.1, 0.15) is 17.3 Å². The minimum Gasteiger partial charge on any atom is -0.392 e. The smallest absolute Gasteiger partial charge is 0.177 e. The molecule has 4 heteroatoms. The molecule has 88 valence electrons. The number of likely N-dealkylation sites (N-methyl/N-ethyl adjacent to an activating group) is 1. The van der Waals surface area contributed by atoms with E-state index >= 15 is 0 Å². The van der Waals surface area contributed by atoms with E-state index < -0.39 is 6.10 Å². The number of aliphatic hydroxyl groups excluding tert-OH is 1. The molecule has 16 heavy (non-hydrogen) atoms. The van der Waals surface area contributed by atoms with Crippen molar-refractivity contribution in [1.29, 1.82) is 0 Å². The van der Waals surface area contributed by atoms with E-state index in [4.69, 9.17) is 0 Å². The minimum absolute atomic E-state index is 0.0515. The number of Topliss-reactive ketones (excluding diaryl/α,β-unsaturated/α-hetero) is 1. The zero-order valence-electron chi connectivity index (χ0n) is 9.48. The second-order valence-corrected chi connectivity index (χ2v) is 4.80. The van der Waals surface area contributed by atoms with Crippen LogP contribution >= 0.6 is 15.9 Å². The van der Waals surface area contributed by atoms with Gasteiger partial charge in [0.25, 0.3) is 0 Å². The number of hydrogen-bond acceptors (Lipinski definition) is 3. The molecule has 0 aliphatic rings. The van der Waals surface area contributed by atoms with Crippen LogP contribution in [-0.4, -0.2) is 42.0 Å². The Labute approximate surface area is 104 Å². The van der Waals surface area contributed by atoms with E-state index in [9.17, 15) is 9.90 Å². The first-order valence-corrected chi connectivity index (χ1v) is 5.94. The van der Waals surface area contributed by atoms with Crippen LogP contribution in [0.2, 0.25) is 0 Å². The Morgan fingerprint density at radius 3 is 2.69 bits per heavy atom. The van der Waals surface area contributed by atoms with Gasteiger partial charge in [0.1, 0.15) is 0 Å². The number of rotatable bonds is 5. The molecule has 0 heterocycles. The summed E-state index contributed by atoms with van der Waals surface area (Å²) in [5, 5.41) is 9.20. The van der Waals surface area contributed by atoms with Gasteiger partial charge >= 0.3 is 0 Å². The summed E-state index contributed by atoms with van der Waals surface area (Å²) in [5.41, 5.74) is 0.681. The summed E-state index contributed by atoms with van der Waals surface area (Å²) in [6, 6.07) is 7.36. The molecule has 1 rings (SSSR count). The fourth-order valence-electron chi connectivity index (χ4n) is 1.53. The van der Waals surface area contributed by atoms with Crippen LogP contribution in [0.15, 0.2) is 28.7 Å². The van der Waals surface area contributed by atoms with Gasteiger partial charge in [0.2, 0.25) is 0 Å². The fourth-order valence-corrected chi connectivity index (χ4v) is 2.04. The molecule has 1 atom stereocenters. The lowest BCUT2D eigenvalue weighted by atomic mass is 10.1. The Balaban J connectivity index is 2.63. The van der Waals surface area contributed by atoms with Gasteiger partial charge in [-0.2, -0.15) is 0 Å². The monoisotopic (exact) mass is 285 g/mol. The zero-order valence-corrected chi connectivity index (χ0v) is 11.1. The van der Waals surface area contributed by atoms with Crippen molar-refractivity contribution in [3.63, 3.8) is 0 Å². The van der Waals surface area contributed by atoms with Crippen LogP contribution in [-0.2, 0) is 0 Å². The largest absolute Gasteiger partial charge is 0.392 e. The van der Waals surface area contributed by atoms with E-state index in [2.05, 4.69) is 15.9 Å². The van der Waals surface area contributed by atoms with Crippen LogP contribution in [0.3, 0.4) is 0 Å². The number of hydrogen-bond donors (Lipinski definition) is 1. The van der Waals surface area contributed by atoms with Crippen LogP contribution in [0.5, 0.6) is 0 Å². The highest BCUT2D eigenvalue weighted by Gasteiger charge is 2.12. The molecule has 0 fully saturated rings. The minimum atomic E-state index is -0.419. The van der Waals surface area contributed by atoms with E-state index in [0.717, 1.165) is 4.47 Å². The Morgan fingerprint density at radius 1 is 1.50 bits per heavy atom. The quantitative estimate of drug-likeness (QED) is 0.841. The fraction of sp³-hybridized carbons (Fsp3) is 0.417. The lowest BCUT2D eigenvalue weighted by Crippen LogP contribution is -2.32. The summed E-state index contributed by atoms with van der Waals surface area (Å²) in [7, 11) is 1.82. The van der Waals surface area contributed by atoms with Crippen molar-refractivity contribution in [1.82, 2.24) is 4.90 Å². The van der Waals surface area contributed by atoms with Gasteiger partial charge < -0.3 is 5.11 Å². The molecule has 0 saturated carbocycles. The number of benzene rings is 1. The lowest BCUT2D eigenvalue weighted by Gasteiger charge is -2.17. The summed E-state index contributed by atoms with van der Waals surface area (Å²) in [4.78, 5) is 13.7. The number of nitrogens with zero attached hydrogens (tertiary/aromatic N) is 1. The van der Waals surface area contributed by atoms with Crippen LogP contribution in [0.25, 0.3) is 0 Å². The van der Waals surface area contributed by atoms with Crippen molar-refractivity contribution in [2.24, 2.45) is 0 Å². The molecule has 0 aliphatic carbocycles. The first-order valence-electron chi connectivity index (χ1n) is 5.15. The van der Waals surface area contributed by atoms with Crippen molar-refractivity contribution in [2.45, 2.75) is 13.0 Å². The van der Waals surface area contributed by atoms with Gasteiger partial charge in [0, 0.05) is 16.6 Å². The van der Waals surface area contributed by atoms with E-state index in [-0.39, 0.29) is 5.78 Å². The van der Waals surface area contributed by atoms with E-state index in [1.807, 2.05) is 30.1 Å². The number of ketones is 1. The van der Waals surface area contributed by atoms with Crippen molar-refractivity contribution < 1.29 is 9.90 Å². The molecule has 1 N–H and O–H groups in total. The maximum absolute atomic E-state index is 11.9. The summed E-state index contributed by atoms with van der Waals surface area (Å²) >= 11 is 3.35. The average Bonchev–Trinajstić information content (AvgIpc) is 2.16. The average molecular weight is 286 g/mol. The van der Waals surface area contributed by atoms with Gasteiger partial charge in [-0.05, 0) is 20.0 Å². The van der Waals surface area contributed by atoms with Crippen molar-refractivity contribution in [3.05, 3.63) is 34.3 Å². The molecule has 0 saturated heterocycles. The van der Waals surface area contributed by atoms with Gasteiger partial charge in [-0.3, -0.25) is 9.69 Å². The summed E-state index contributed by atoms with van der Waals surface area (Å²) in [5.74, 6) is 0.0515. The third kappa shape index (κ3) is 4.04. The van der Waals surface area contributed by atoms with E-state index in [1.165, 1.54) is 0 Å². The molecule has 1 aromatic rings. The maximum atomic E-state index is 11.9. The van der Waals surface area contributed by atoms with E-state index in [0.29, 0.717) is 18.7 Å². The van der Waals surface area contributed by atoms with Gasteiger partial charge in [-0.15, -0.1) is 0 Å². The molecular formula is C12H16BrNO2. The highest BCUT2D eigenvalue weighted by Crippen LogP contribution is 2.16. The molecule has 0 radical (unpaired) electrons. The first-order chi connectivity index (χ1) is 7.50. The highest BCUT2D eigenvalue weighted by molar-refractivity contribution is 9.10. The predicted octanol–water partition coefficient (Wildman–Crippen LogP) is 1.94. The Morgan fingerprint density at radius 2 is 2.12 bits per heavy atom. The van der Waals surface area contributed by atoms with Crippen molar-refractivity contribution in [2.75, 3.05) is 20.1 Å². The Hall–Kier alpha value is -0.710. The van der Waals surface area contributed by atoms with Crippen LogP contribution in [0, 0.1) is 0 Å². The van der Waals surface area contributed by atoms with Crippen molar-refractivity contribution in [3.8, 4) is 0 Å². The van der Waals surface area contributed by atoms with Gasteiger partial charge in [-0.1, -0.05) is 34.1 Å². The maximum Gasteiger partial charge on any atom is 0.177 e.